The molecule has 0 aromatic rings. The smallest absolute Gasteiger partial charge is 0.341 e. The third-order valence-electron chi connectivity index (χ3n) is 2.11. The third-order valence-corrected chi connectivity index (χ3v) is 2.11. The molecule has 15 heavy (non-hydrogen) atoms. The lowest BCUT2D eigenvalue weighted by Gasteiger charge is -2.12. The number of ketones is 1. The fraction of sp³-hybridized carbons (Fsp3) is 0.600. The van der Waals surface area contributed by atoms with Gasteiger partial charge in [0.15, 0.2) is 12.1 Å². The molecule has 1 fully saturated rings. The van der Waals surface area contributed by atoms with Crippen LogP contribution in [-0.4, -0.2) is 38.4 Å². The summed E-state index contributed by atoms with van der Waals surface area (Å²) < 4.78 is 14.9. The Hall–Kier alpha value is -1.20. The van der Waals surface area contributed by atoms with E-state index in [1.165, 1.54) is 14.0 Å². The van der Waals surface area contributed by atoms with Crippen LogP contribution in [0.4, 0.5) is 0 Å². The average Bonchev–Trinajstić information content (AvgIpc) is 2.69. The molecule has 1 rings (SSSR count). The van der Waals surface area contributed by atoms with Gasteiger partial charge in [-0.25, -0.2) is 4.79 Å². The van der Waals surface area contributed by atoms with Gasteiger partial charge in [-0.05, 0) is 13.8 Å². The first-order valence-electron chi connectivity index (χ1n) is 4.61. The first-order valence-corrected chi connectivity index (χ1v) is 4.61. The van der Waals surface area contributed by atoms with Gasteiger partial charge >= 0.3 is 5.97 Å². The molecule has 0 N–H and O–H groups in total. The molecule has 5 nitrogen and oxygen atoms in total. The van der Waals surface area contributed by atoms with E-state index in [4.69, 9.17) is 9.47 Å². The zero-order valence-electron chi connectivity index (χ0n) is 9.03. The van der Waals surface area contributed by atoms with E-state index in [2.05, 4.69) is 4.74 Å². The molecule has 0 unspecified atom stereocenters. The standard InChI is InChI=1S/C10H14O5/c1-6(10-14-4-5-15-10)8(7(2)11)9(12)13-3/h10H,4-5H2,1-3H3/b8-6+. The van der Waals surface area contributed by atoms with E-state index in [1.807, 2.05) is 0 Å². The number of ether oxygens (including phenoxy) is 3. The molecule has 1 aliphatic heterocycles. The van der Waals surface area contributed by atoms with Crippen molar-refractivity contribution in [2.24, 2.45) is 0 Å². The molecule has 1 saturated heterocycles. The maximum atomic E-state index is 11.3. The summed E-state index contributed by atoms with van der Waals surface area (Å²) in [7, 11) is 1.23. The lowest BCUT2D eigenvalue weighted by molar-refractivity contribution is -0.138. The summed E-state index contributed by atoms with van der Waals surface area (Å²) in [6.45, 7) is 3.87. The van der Waals surface area contributed by atoms with Crippen LogP contribution in [0.2, 0.25) is 0 Å². The highest BCUT2D eigenvalue weighted by molar-refractivity contribution is 6.17. The molecule has 0 radical (unpaired) electrons. The van der Waals surface area contributed by atoms with Crippen molar-refractivity contribution in [3.05, 3.63) is 11.1 Å². The van der Waals surface area contributed by atoms with E-state index in [9.17, 15) is 9.59 Å². The van der Waals surface area contributed by atoms with Gasteiger partial charge in [-0.2, -0.15) is 0 Å². The Morgan fingerprint density at radius 2 is 1.73 bits per heavy atom. The zero-order valence-corrected chi connectivity index (χ0v) is 9.03. The largest absolute Gasteiger partial charge is 0.465 e. The fourth-order valence-corrected chi connectivity index (χ4v) is 1.41. The summed E-state index contributed by atoms with van der Waals surface area (Å²) in [5.74, 6) is -1.00. The predicted molar refractivity (Wildman–Crippen MR) is 51.1 cm³/mol. The molecule has 1 aliphatic rings. The van der Waals surface area contributed by atoms with Crippen molar-refractivity contribution < 1.29 is 23.8 Å². The molecule has 0 aliphatic carbocycles. The van der Waals surface area contributed by atoms with E-state index in [0.717, 1.165) is 0 Å². The van der Waals surface area contributed by atoms with E-state index in [1.54, 1.807) is 6.92 Å². The first-order chi connectivity index (χ1) is 7.07. The molecule has 1 heterocycles. The lowest BCUT2D eigenvalue weighted by Crippen LogP contribution is -2.20. The Morgan fingerprint density at radius 3 is 2.13 bits per heavy atom. The zero-order chi connectivity index (χ0) is 11.4. The van der Waals surface area contributed by atoms with Crippen molar-refractivity contribution >= 4 is 11.8 Å². The number of hydrogen-bond donors (Lipinski definition) is 0. The van der Waals surface area contributed by atoms with Gasteiger partial charge in [0.05, 0.1) is 20.3 Å². The molecule has 84 valence electrons. The Labute approximate surface area is 88.0 Å². The first kappa shape index (κ1) is 11.9. The number of carbonyl (C=O) groups excluding carboxylic acids is 2. The highest BCUT2D eigenvalue weighted by Gasteiger charge is 2.26. The second-order valence-electron chi connectivity index (χ2n) is 3.18. The summed E-state index contributed by atoms with van der Waals surface area (Å²) >= 11 is 0. The second-order valence-corrected chi connectivity index (χ2v) is 3.18. The summed E-state index contributed by atoms with van der Waals surface area (Å²) in [5, 5.41) is 0. The van der Waals surface area contributed by atoms with Gasteiger partial charge in [-0.1, -0.05) is 0 Å². The van der Waals surface area contributed by atoms with Crippen molar-refractivity contribution in [3.8, 4) is 0 Å². The van der Waals surface area contributed by atoms with Crippen molar-refractivity contribution in [2.75, 3.05) is 20.3 Å². The average molecular weight is 214 g/mol. The summed E-state index contributed by atoms with van der Waals surface area (Å²) in [4.78, 5) is 22.6. The van der Waals surface area contributed by atoms with Gasteiger partial charge in [0.1, 0.15) is 5.57 Å². The molecule has 0 atom stereocenters. The Balaban J connectivity index is 2.97. The van der Waals surface area contributed by atoms with Crippen LogP contribution in [0.5, 0.6) is 0 Å². The quantitative estimate of drug-likeness (QED) is 0.295. The van der Waals surface area contributed by atoms with Crippen LogP contribution in [0.15, 0.2) is 11.1 Å². The normalized spacial score (nSPS) is 18.6. The molecule has 0 spiro atoms. The van der Waals surface area contributed by atoms with Crippen molar-refractivity contribution in [3.63, 3.8) is 0 Å². The van der Waals surface area contributed by atoms with Crippen LogP contribution in [0.1, 0.15) is 13.8 Å². The van der Waals surface area contributed by atoms with Gasteiger partial charge in [0.25, 0.3) is 0 Å². The highest BCUT2D eigenvalue weighted by Crippen LogP contribution is 2.18. The minimum Gasteiger partial charge on any atom is -0.465 e. The van der Waals surface area contributed by atoms with Gasteiger partial charge in [-0.3, -0.25) is 4.79 Å². The van der Waals surface area contributed by atoms with Crippen LogP contribution in [0.25, 0.3) is 0 Å². The van der Waals surface area contributed by atoms with Crippen molar-refractivity contribution in [1.29, 1.82) is 0 Å². The number of Topliss-reactive ketones (excluding diaryl/α,β-unsaturated/α-hetero) is 1. The van der Waals surface area contributed by atoms with Crippen LogP contribution < -0.4 is 0 Å². The predicted octanol–water partition coefficient (Wildman–Crippen LogP) is 0.438. The van der Waals surface area contributed by atoms with E-state index in [-0.39, 0.29) is 11.4 Å². The van der Waals surface area contributed by atoms with Gasteiger partial charge in [-0.15, -0.1) is 0 Å². The van der Waals surface area contributed by atoms with Gasteiger partial charge in [0.2, 0.25) is 0 Å². The van der Waals surface area contributed by atoms with Crippen molar-refractivity contribution in [2.45, 2.75) is 20.1 Å². The minimum atomic E-state index is -0.654. The Bertz CT molecular complexity index is 299. The second kappa shape index (κ2) is 5.04. The van der Waals surface area contributed by atoms with E-state index >= 15 is 0 Å². The highest BCUT2D eigenvalue weighted by atomic mass is 16.7. The van der Waals surface area contributed by atoms with Crippen molar-refractivity contribution in [1.82, 2.24) is 0 Å². The maximum Gasteiger partial charge on any atom is 0.341 e. The molecular weight excluding hydrogens is 200 g/mol. The minimum absolute atomic E-state index is 0.00407. The number of esters is 1. The van der Waals surface area contributed by atoms with Gasteiger partial charge in [0, 0.05) is 5.57 Å². The van der Waals surface area contributed by atoms with Crippen LogP contribution in [0, 0.1) is 0 Å². The lowest BCUT2D eigenvalue weighted by atomic mass is 10.1. The SMILES string of the molecule is COC(=O)/C(C(C)=O)=C(\C)C1OCCO1. The topological polar surface area (TPSA) is 61.8 Å². The molecule has 0 aromatic heterocycles. The van der Waals surface area contributed by atoms with E-state index < -0.39 is 12.3 Å². The Kier molecular flexibility index (Phi) is 3.99. The maximum absolute atomic E-state index is 11.3. The van der Waals surface area contributed by atoms with Gasteiger partial charge < -0.3 is 14.2 Å². The molecule has 0 amide bonds. The van der Waals surface area contributed by atoms with Crippen LogP contribution in [0.3, 0.4) is 0 Å². The number of hydrogen-bond acceptors (Lipinski definition) is 5. The number of carbonyl (C=O) groups is 2. The number of rotatable bonds is 3. The van der Waals surface area contributed by atoms with Crippen LogP contribution >= 0.6 is 0 Å². The summed E-state index contributed by atoms with van der Waals surface area (Å²) in [5.41, 5.74) is 0.469. The summed E-state index contributed by atoms with van der Waals surface area (Å²) in [6.07, 6.45) is -0.608. The molecule has 0 saturated carbocycles. The molecule has 0 aromatic carbocycles. The number of methoxy groups -OCH3 is 1. The van der Waals surface area contributed by atoms with Crippen LogP contribution in [-0.2, 0) is 23.8 Å². The molecular formula is C10H14O5. The summed E-state index contributed by atoms with van der Waals surface area (Å²) in [6, 6.07) is 0. The fourth-order valence-electron chi connectivity index (χ4n) is 1.41. The molecule has 0 bridgehead atoms. The third kappa shape index (κ3) is 2.64. The Morgan fingerprint density at radius 1 is 1.20 bits per heavy atom. The van der Waals surface area contributed by atoms with E-state index in [0.29, 0.717) is 18.8 Å². The molecule has 5 heteroatoms. The monoisotopic (exact) mass is 214 g/mol.